The summed E-state index contributed by atoms with van der Waals surface area (Å²) in [5.74, 6) is 2.35. The van der Waals surface area contributed by atoms with Gasteiger partial charge in [0, 0.05) is 23.6 Å². The number of nitrogens with zero attached hydrogens (tertiary/aromatic N) is 3. The highest BCUT2D eigenvalue weighted by Gasteiger charge is 2.23. The summed E-state index contributed by atoms with van der Waals surface area (Å²) in [6.45, 7) is 0.320. The summed E-state index contributed by atoms with van der Waals surface area (Å²) < 4.78 is 11.3. The third-order valence-corrected chi connectivity index (χ3v) is 4.79. The van der Waals surface area contributed by atoms with Crippen molar-refractivity contribution in [3.05, 3.63) is 70.1 Å². The molecule has 0 atom stereocenters. The minimum absolute atomic E-state index is 0.0657. The fourth-order valence-electron chi connectivity index (χ4n) is 3.30. The van der Waals surface area contributed by atoms with Gasteiger partial charge in [0.05, 0.1) is 4.92 Å². The summed E-state index contributed by atoms with van der Waals surface area (Å²) in [5, 5.41) is 14.8. The second-order valence-electron chi connectivity index (χ2n) is 6.68. The number of ether oxygens (including phenoxy) is 1. The van der Waals surface area contributed by atoms with Crippen LogP contribution in [0.15, 0.2) is 53.1 Å². The smallest absolute Gasteiger partial charge is 0.269 e. The lowest BCUT2D eigenvalue weighted by molar-refractivity contribution is -0.384. The largest absolute Gasteiger partial charge is 0.489 e. The quantitative estimate of drug-likeness (QED) is 0.456. The fraction of sp³-hybridized carbons (Fsp3) is 0.300. The second kappa shape index (κ2) is 7.57. The van der Waals surface area contributed by atoms with Crippen molar-refractivity contribution in [2.75, 3.05) is 0 Å². The van der Waals surface area contributed by atoms with Gasteiger partial charge in [-0.1, -0.05) is 30.1 Å². The van der Waals surface area contributed by atoms with Crippen molar-refractivity contribution in [2.45, 2.75) is 38.2 Å². The summed E-state index contributed by atoms with van der Waals surface area (Å²) in [4.78, 5) is 14.8. The zero-order valence-electron chi connectivity index (χ0n) is 14.7. The predicted molar refractivity (Wildman–Crippen MR) is 98.4 cm³/mol. The molecule has 1 saturated carbocycles. The molecule has 138 valence electrons. The average Bonchev–Trinajstić information content (AvgIpc) is 3.38. The standard InChI is InChI=1S/C20H19N3O4/c24-23(25)17-10-8-14(9-11-17)13-26-18-7-3-6-16(12-18)19-21-20(27-22-19)15-4-1-2-5-15/h3,6-12,15H,1-2,4-5,13H2. The van der Waals surface area contributed by atoms with Gasteiger partial charge in [0.2, 0.25) is 11.7 Å². The maximum absolute atomic E-state index is 10.7. The summed E-state index contributed by atoms with van der Waals surface area (Å²) in [6, 6.07) is 13.8. The van der Waals surface area contributed by atoms with E-state index >= 15 is 0 Å². The Bertz CT molecular complexity index is 930. The second-order valence-corrected chi connectivity index (χ2v) is 6.68. The maximum atomic E-state index is 10.7. The Morgan fingerprint density at radius 1 is 1.15 bits per heavy atom. The molecule has 4 rings (SSSR count). The first-order valence-corrected chi connectivity index (χ1v) is 8.99. The van der Waals surface area contributed by atoms with Crippen LogP contribution >= 0.6 is 0 Å². The van der Waals surface area contributed by atoms with Gasteiger partial charge >= 0.3 is 0 Å². The van der Waals surface area contributed by atoms with Crippen molar-refractivity contribution in [3.8, 4) is 17.1 Å². The molecule has 0 bridgehead atoms. The van der Waals surface area contributed by atoms with Crippen molar-refractivity contribution in [3.63, 3.8) is 0 Å². The van der Waals surface area contributed by atoms with Gasteiger partial charge in [-0.2, -0.15) is 4.98 Å². The van der Waals surface area contributed by atoms with Gasteiger partial charge in [0.1, 0.15) is 12.4 Å². The Kier molecular flexibility index (Phi) is 4.82. The van der Waals surface area contributed by atoms with Gasteiger partial charge in [-0.15, -0.1) is 0 Å². The van der Waals surface area contributed by atoms with Gasteiger partial charge in [-0.25, -0.2) is 0 Å². The molecule has 2 aromatic carbocycles. The van der Waals surface area contributed by atoms with Crippen molar-refractivity contribution >= 4 is 5.69 Å². The highest BCUT2D eigenvalue weighted by molar-refractivity contribution is 5.56. The summed E-state index contributed by atoms with van der Waals surface area (Å²) >= 11 is 0. The molecule has 1 fully saturated rings. The summed E-state index contributed by atoms with van der Waals surface area (Å²) in [7, 11) is 0. The van der Waals surface area contributed by atoms with E-state index in [2.05, 4.69) is 10.1 Å². The van der Waals surface area contributed by atoms with Gasteiger partial charge in [-0.3, -0.25) is 10.1 Å². The third kappa shape index (κ3) is 3.97. The van der Waals surface area contributed by atoms with Crippen LogP contribution in [0.2, 0.25) is 0 Å². The van der Waals surface area contributed by atoms with E-state index in [0.717, 1.165) is 29.9 Å². The van der Waals surface area contributed by atoms with Crippen LogP contribution in [0.1, 0.15) is 43.1 Å². The molecule has 0 amide bonds. The molecule has 0 spiro atoms. The van der Waals surface area contributed by atoms with E-state index in [1.165, 1.54) is 25.0 Å². The number of rotatable bonds is 6. The minimum Gasteiger partial charge on any atom is -0.489 e. The summed E-state index contributed by atoms with van der Waals surface area (Å²) in [5.41, 5.74) is 1.76. The van der Waals surface area contributed by atoms with E-state index < -0.39 is 4.92 Å². The van der Waals surface area contributed by atoms with Crippen LogP contribution in [-0.2, 0) is 6.61 Å². The van der Waals surface area contributed by atoms with Gasteiger partial charge in [0.25, 0.3) is 5.69 Å². The van der Waals surface area contributed by atoms with E-state index in [9.17, 15) is 10.1 Å². The first kappa shape index (κ1) is 17.2. The van der Waals surface area contributed by atoms with Crippen LogP contribution < -0.4 is 4.74 Å². The van der Waals surface area contributed by atoms with Crippen LogP contribution in [0.4, 0.5) is 5.69 Å². The number of aromatic nitrogens is 2. The number of hydrogen-bond acceptors (Lipinski definition) is 6. The van der Waals surface area contributed by atoms with E-state index in [-0.39, 0.29) is 5.69 Å². The van der Waals surface area contributed by atoms with E-state index in [0.29, 0.717) is 24.1 Å². The number of non-ortho nitro benzene ring substituents is 1. The highest BCUT2D eigenvalue weighted by atomic mass is 16.6. The minimum atomic E-state index is -0.418. The molecule has 1 aliphatic rings. The zero-order valence-corrected chi connectivity index (χ0v) is 14.7. The Labute approximate surface area is 156 Å². The van der Waals surface area contributed by atoms with Crippen molar-refractivity contribution in [2.24, 2.45) is 0 Å². The molecular formula is C20H19N3O4. The first-order chi connectivity index (χ1) is 13.2. The number of hydrogen-bond donors (Lipinski definition) is 0. The molecule has 0 radical (unpaired) electrons. The van der Waals surface area contributed by atoms with Crippen molar-refractivity contribution < 1.29 is 14.2 Å². The molecule has 7 nitrogen and oxygen atoms in total. The number of nitro benzene ring substituents is 1. The van der Waals surface area contributed by atoms with Gasteiger partial charge in [0.15, 0.2) is 0 Å². The first-order valence-electron chi connectivity index (χ1n) is 8.99. The lowest BCUT2D eigenvalue weighted by Gasteiger charge is -2.07. The molecule has 27 heavy (non-hydrogen) atoms. The molecule has 3 aromatic rings. The third-order valence-electron chi connectivity index (χ3n) is 4.79. The zero-order chi connectivity index (χ0) is 18.6. The lowest BCUT2D eigenvalue weighted by atomic mass is 10.1. The van der Waals surface area contributed by atoms with Crippen LogP contribution in [0, 0.1) is 10.1 Å². The summed E-state index contributed by atoms with van der Waals surface area (Å²) in [6.07, 6.45) is 4.66. The van der Waals surface area contributed by atoms with E-state index in [1.54, 1.807) is 12.1 Å². The Morgan fingerprint density at radius 3 is 2.67 bits per heavy atom. The molecule has 7 heteroatoms. The SMILES string of the molecule is O=[N+]([O-])c1ccc(COc2cccc(-c3noc(C4CCCC4)n3)c2)cc1. The molecular weight excluding hydrogens is 346 g/mol. The van der Waals surface area contributed by atoms with E-state index in [1.807, 2.05) is 24.3 Å². The van der Waals surface area contributed by atoms with Gasteiger partial charge < -0.3 is 9.26 Å². The topological polar surface area (TPSA) is 91.3 Å². The monoisotopic (exact) mass is 365 g/mol. The highest BCUT2D eigenvalue weighted by Crippen LogP contribution is 2.34. The fourth-order valence-corrected chi connectivity index (χ4v) is 3.30. The Hall–Kier alpha value is -3.22. The Balaban J connectivity index is 1.43. The van der Waals surface area contributed by atoms with Crippen LogP contribution in [0.25, 0.3) is 11.4 Å². The molecule has 0 unspecified atom stereocenters. The molecule has 1 aliphatic carbocycles. The maximum Gasteiger partial charge on any atom is 0.269 e. The lowest BCUT2D eigenvalue weighted by Crippen LogP contribution is -1.96. The number of nitro groups is 1. The predicted octanol–water partition coefficient (Wildman–Crippen LogP) is 4.88. The molecule has 1 aromatic heterocycles. The van der Waals surface area contributed by atoms with Crippen LogP contribution in [-0.4, -0.2) is 15.1 Å². The van der Waals surface area contributed by atoms with Gasteiger partial charge in [-0.05, 0) is 42.7 Å². The van der Waals surface area contributed by atoms with Crippen LogP contribution in [0.5, 0.6) is 5.75 Å². The normalized spacial score (nSPS) is 14.4. The van der Waals surface area contributed by atoms with Crippen molar-refractivity contribution in [1.82, 2.24) is 10.1 Å². The molecule has 0 aliphatic heterocycles. The molecule has 1 heterocycles. The molecule has 0 saturated heterocycles. The molecule has 0 N–H and O–H groups in total. The van der Waals surface area contributed by atoms with Crippen LogP contribution in [0.3, 0.4) is 0 Å². The number of benzene rings is 2. The van der Waals surface area contributed by atoms with E-state index in [4.69, 9.17) is 9.26 Å². The Morgan fingerprint density at radius 2 is 1.93 bits per heavy atom. The average molecular weight is 365 g/mol. The van der Waals surface area contributed by atoms with Crippen molar-refractivity contribution in [1.29, 1.82) is 0 Å².